The number of hydrogen-bond acceptors (Lipinski definition) is 2. The first-order valence-electron chi connectivity index (χ1n) is 11.6. The molecule has 0 spiro atoms. The summed E-state index contributed by atoms with van der Waals surface area (Å²) in [6, 6.07) is 34.0. The van der Waals surface area contributed by atoms with Gasteiger partial charge in [-0.1, -0.05) is 91.5 Å². The van der Waals surface area contributed by atoms with Crippen molar-refractivity contribution < 1.29 is 13.9 Å². The van der Waals surface area contributed by atoms with Crippen molar-refractivity contribution in [3.05, 3.63) is 144 Å². The largest absolute Gasteiger partial charge is 0.491 e. The Kier molecular flexibility index (Phi) is 8.36. The number of rotatable bonds is 11. The summed E-state index contributed by atoms with van der Waals surface area (Å²) >= 11 is 7.30. The third-order valence-corrected chi connectivity index (χ3v) is 6.43. The van der Waals surface area contributed by atoms with Crippen molar-refractivity contribution >= 4 is 17.2 Å². The second-order valence-corrected chi connectivity index (χ2v) is 9.01. The SMILES string of the molecule is C=C(CC(Cl)(c1ccc(F)cc1)c1ccc(OCCOCc2ccccc2)cc1)c1ccccc1. The smallest absolute Gasteiger partial charge is 0.123 e. The molecule has 0 fully saturated rings. The second-order valence-electron chi connectivity index (χ2n) is 8.37. The van der Waals surface area contributed by atoms with Crippen LogP contribution in [0, 0.1) is 5.82 Å². The van der Waals surface area contributed by atoms with Gasteiger partial charge in [0, 0.05) is 0 Å². The molecule has 0 saturated heterocycles. The van der Waals surface area contributed by atoms with E-state index in [4.69, 9.17) is 21.1 Å². The molecule has 35 heavy (non-hydrogen) atoms. The van der Waals surface area contributed by atoms with Gasteiger partial charge in [-0.05, 0) is 58.5 Å². The predicted octanol–water partition coefficient (Wildman–Crippen LogP) is 8.01. The molecule has 4 aromatic rings. The van der Waals surface area contributed by atoms with Crippen molar-refractivity contribution in [1.29, 1.82) is 0 Å². The Bertz CT molecular complexity index is 1210. The minimum Gasteiger partial charge on any atom is -0.491 e. The van der Waals surface area contributed by atoms with Gasteiger partial charge < -0.3 is 9.47 Å². The molecular formula is C31H28ClFO2. The Morgan fingerprint density at radius 1 is 0.743 bits per heavy atom. The van der Waals surface area contributed by atoms with Crippen molar-refractivity contribution in [3.63, 3.8) is 0 Å². The zero-order chi connectivity index (χ0) is 24.5. The van der Waals surface area contributed by atoms with E-state index in [1.54, 1.807) is 12.1 Å². The monoisotopic (exact) mass is 486 g/mol. The summed E-state index contributed by atoms with van der Waals surface area (Å²) in [5.74, 6) is 0.435. The summed E-state index contributed by atoms with van der Waals surface area (Å²) in [5, 5.41) is 0. The number of benzene rings is 4. The van der Waals surface area contributed by atoms with Gasteiger partial charge in [0.1, 0.15) is 18.2 Å². The third-order valence-electron chi connectivity index (χ3n) is 5.86. The maximum Gasteiger partial charge on any atom is 0.123 e. The lowest BCUT2D eigenvalue weighted by Gasteiger charge is -2.30. The molecule has 178 valence electrons. The van der Waals surface area contributed by atoms with Crippen LogP contribution >= 0.6 is 11.6 Å². The Morgan fingerprint density at radius 2 is 1.31 bits per heavy atom. The van der Waals surface area contributed by atoms with E-state index in [-0.39, 0.29) is 5.82 Å². The van der Waals surface area contributed by atoms with Gasteiger partial charge in [-0.2, -0.15) is 0 Å². The van der Waals surface area contributed by atoms with Crippen LogP contribution in [-0.4, -0.2) is 13.2 Å². The average molecular weight is 487 g/mol. The number of alkyl halides is 1. The van der Waals surface area contributed by atoms with E-state index in [2.05, 4.69) is 6.58 Å². The molecule has 4 heteroatoms. The number of halogens is 2. The molecular weight excluding hydrogens is 459 g/mol. The normalized spacial score (nSPS) is 12.6. The maximum absolute atomic E-state index is 13.6. The summed E-state index contributed by atoms with van der Waals surface area (Å²) in [5.41, 5.74) is 4.75. The van der Waals surface area contributed by atoms with Crippen LogP contribution in [0.25, 0.3) is 5.57 Å². The molecule has 0 saturated carbocycles. The first-order chi connectivity index (χ1) is 17.0. The molecule has 1 unspecified atom stereocenters. The molecule has 0 aromatic heterocycles. The van der Waals surface area contributed by atoms with Crippen molar-refractivity contribution in [1.82, 2.24) is 0 Å². The van der Waals surface area contributed by atoms with Gasteiger partial charge in [0.25, 0.3) is 0 Å². The summed E-state index contributed by atoms with van der Waals surface area (Å²) < 4.78 is 25.2. The molecule has 0 N–H and O–H groups in total. The van der Waals surface area contributed by atoms with Gasteiger partial charge in [0.05, 0.1) is 18.1 Å². The highest BCUT2D eigenvalue weighted by atomic mass is 35.5. The lowest BCUT2D eigenvalue weighted by atomic mass is 9.83. The van der Waals surface area contributed by atoms with Crippen LogP contribution < -0.4 is 4.74 Å². The van der Waals surface area contributed by atoms with E-state index >= 15 is 0 Å². The molecule has 0 aliphatic rings. The van der Waals surface area contributed by atoms with E-state index in [1.807, 2.05) is 84.9 Å². The van der Waals surface area contributed by atoms with Gasteiger partial charge >= 0.3 is 0 Å². The number of allylic oxidation sites excluding steroid dienone is 1. The third kappa shape index (κ3) is 6.60. The molecule has 1 atom stereocenters. The van der Waals surface area contributed by atoms with Crippen LogP contribution in [0.5, 0.6) is 5.75 Å². The quantitative estimate of drug-likeness (QED) is 0.158. The zero-order valence-corrected chi connectivity index (χ0v) is 20.3. The van der Waals surface area contributed by atoms with Crippen LogP contribution in [0.2, 0.25) is 0 Å². The standard InChI is InChI=1S/C31H28ClFO2/c1-24(26-10-6-3-7-11-26)22-31(32,27-12-16-29(33)17-13-27)28-14-18-30(19-15-28)35-21-20-34-23-25-8-4-2-5-9-25/h2-19H,1,20-23H2. The van der Waals surface area contributed by atoms with Crippen LogP contribution in [0.4, 0.5) is 4.39 Å². The molecule has 0 aliphatic heterocycles. The fourth-order valence-corrected chi connectivity index (χ4v) is 4.37. The van der Waals surface area contributed by atoms with Gasteiger partial charge in [-0.25, -0.2) is 4.39 Å². The highest BCUT2D eigenvalue weighted by Gasteiger charge is 2.33. The van der Waals surface area contributed by atoms with E-state index in [9.17, 15) is 4.39 Å². The van der Waals surface area contributed by atoms with Crippen molar-refractivity contribution in [2.45, 2.75) is 17.9 Å². The molecule has 0 heterocycles. The highest BCUT2D eigenvalue weighted by Crippen LogP contribution is 2.44. The molecule has 2 nitrogen and oxygen atoms in total. The van der Waals surface area contributed by atoms with Crippen LogP contribution in [0.15, 0.2) is 116 Å². The summed E-state index contributed by atoms with van der Waals surface area (Å²) in [6.07, 6.45) is 0.470. The number of hydrogen-bond donors (Lipinski definition) is 0. The van der Waals surface area contributed by atoms with Crippen molar-refractivity contribution in [3.8, 4) is 5.75 Å². The fourth-order valence-electron chi connectivity index (χ4n) is 3.95. The minimum absolute atomic E-state index is 0.298. The molecule has 0 radical (unpaired) electrons. The van der Waals surface area contributed by atoms with E-state index in [0.717, 1.165) is 33.6 Å². The van der Waals surface area contributed by atoms with Gasteiger partial charge in [0.15, 0.2) is 0 Å². The van der Waals surface area contributed by atoms with E-state index in [0.29, 0.717) is 26.2 Å². The summed E-state index contributed by atoms with van der Waals surface area (Å²) in [4.78, 5) is -0.905. The molecule has 0 amide bonds. The topological polar surface area (TPSA) is 18.5 Å². The molecule has 0 bridgehead atoms. The zero-order valence-electron chi connectivity index (χ0n) is 19.5. The molecule has 4 rings (SSSR count). The fraction of sp³-hybridized carbons (Fsp3) is 0.161. The Hall–Kier alpha value is -3.40. The van der Waals surface area contributed by atoms with Crippen LogP contribution in [0.1, 0.15) is 28.7 Å². The van der Waals surface area contributed by atoms with Gasteiger partial charge in [-0.3, -0.25) is 0 Å². The Balaban J connectivity index is 1.44. The maximum atomic E-state index is 13.6. The minimum atomic E-state index is -0.905. The average Bonchev–Trinajstić information content (AvgIpc) is 2.90. The van der Waals surface area contributed by atoms with Gasteiger partial charge in [0.2, 0.25) is 0 Å². The molecule has 4 aromatic carbocycles. The first-order valence-corrected chi connectivity index (χ1v) is 12.0. The number of ether oxygens (including phenoxy) is 2. The summed E-state index contributed by atoms with van der Waals surface area (Å²) in [6.45, 7) is 5.77. The first kappa shape index (κ1) is 24.7. The summed E-state index contributed by atoms with van der Waals surface area (Å²) in [7, 11) is 0. The lowest BCUT2D eigenvalue weighted by molar-refractivity contribution is 0.0889. The van der Waals surface area contributed by atoms with Crippen LogP contribution in [-0.2, 0) is 16.2 Å². The van der Waals surface area contributed by atoms with E-state index < -0.39 is 4.87 Å². The van der Waals surface area contributed by atoms with Crippen LogP contribution in [0.3, 0.4) is 0 Å². The predicted molar refractivity (Wildman–Crippen MR) is 141 cm³/mol. The van der Waals surface area contributed by atoms with Gasteiger partial charge in [-0.15, -0.1) is 11.6 Å². The molecule has 0 aliphatic carbocycles. The van der Waals surface area contributed by atoms with Crippen molar-refractivity contribution in [2.24, 2.45) is 0 Å². The van der Waals surface area contributed by atoms with Crippen molar-refractivity contribution in [2.75, 3.05) is 13.2 Å². The Morgan fingerprint density at radius 3 is 1.94 bits per heavy atom. The highest BCUT2D eigenvalue weighted by molar-refractivity contribution is 6.26. The second kappa shape index (κ2) is 11.8. The van der Waals surface area contributed by atoms with E-state index in [1.165, 1.54) is 12.1 Å². The Labute approximate surface area is 211 Å². The lowest BCUT2D eigenvalue weighted by Crippen LogP contribution is -2.21.